The van der Waals surface area contributed by atoms with Gasteiger partial charge in [-0.2, -0.15) is 0 Å². The van der Waals surface area contributed by atoms with E-state index in [4.69, 9.17) is 11.6 Å². The highest BCUT2D eigenvalue weighted by molar-refractivity contribution is 9.10. The first-order chi connectivity index (χ1) is 11.0. The molecule has 0 aliphatic rings. The number of nitrogens with zero attached hydrogens (tertiary/aromatic N) is 3. The fourth-order valence-electron chi connectivity index (χ4n) is 1.84. The molecule has 0 spiro atoms. The van der Waals surface area contributed by atoms with Crippen LogP contribution >= 0.6 is 38.9 Å². The number of nitro groups is 1. The fraction of sp³-hybridized carbons (Fsp3) is 0. The average Bonchev–Trinajstić information content (AvgIpc) is 2.99. The van der Waals surface area contributed by atoms with Crippen molar-refractivity contribution in [2.75, 3.05) is 5.32 Å². The van der Waals surface area contributed by atoms with Crippen molar-refractivity contribution in [2.24, 2.45) is 0 Å². The molecule has 1 aromatic heterocycles. The highest BCUT2D eigenvalue weighted by atomic mass is 79.9. The molecule has 0 aliphatic carbocycles. The van der Waals surface area contributed by atoms with E-state index < -0.39 is 4.92 Å². The molecule has 0 aliphatic heterocycles. The molecule has 3 aromatic rings. The second-order valence-corrected chi connectivity index (χ2v) is 6.71. The number of nitrogens with one attached hydrogen (secondary N) is 1. The van der Waals surface area contributed by atoms with Gasteiger partial charge < -0.3 is 5.32 Å². The van der Waals surface area contributed by atoms with E-state index in [0.717, 1.165) is 10.2 Å². The van der Waals surface area contributed by atoms with Gasteiger partial charge in [-0.25, -0.2) is 0 Å². The summed E-state index contributed by atoms with van der Waals surface area (Å²) in [5.74, 6) is 0. The monoisotopic (exact) mass is 410 g/mol. The quantitative estimate of drug-likeness (QED) is 0.467. The molecule has 0 fully saturated rings. The summed E-state index contributed by atoms with van der Waals surface area (Å²) >= 11 is 10.7. The molecule has 0 atom stereocenters. The van der Waals surface area contributed by atoms with Gasteiger partial charge in [-0.15, -0.1) is 10.2 Å². The predicted octanol–water partition coefficient (Wildman–Crippen LogP) is 5.27. The minimum Gasteiger partial charge on any atom is -0.330 e. The highest BCUT2D eigenvalue weighted by Crippen LogP contribution is 2.32. The van der Waals surface area contributed by atoms with Crippen molar-refractivity contribution < 1.29 is 4.92 Å². The van der Waals surface area contributed by atoms with Gasteiger partial charge in [0.25, 0.3) is 5.69 Å². The van der Waals surface area contributed by atoms with Crippen molar-refractivity contribution in [3.05, 3.63) is 62.1 Å². The van der Waals surface area contributed by atoms with Crippen molar-refractivity contribution in [3.63, 3.8) is 0 Å². The lowest BCUT2D eigenvalue weighted by atomic mass is 10.2. The zero-order chi connectivity index (χ0) is 16.4. The Morgan fingerprint density at radius 1 is 1.22 bits per heavy atom. The van der Waals surface area contributed by atoms with Crippen LogP contribution in [0.4, 0.5) is 16.5 Å². The lowest BCUT2D eigenvalue weighted by Crippen LogP contribution is -1.89. The third-order valence-electron chi connectivity index (χ3n) is 2.90. The maximum Gasteiger partial charge on any atom is 0.270 e. The first-order valence-corrected chi connectivity index (χ1v) is 8.32. The Kier molecular flexibility index (Phi) is 4.56. The second kappa shape index (κ2) is 6.61. The Morgan fingerprint density at radius 3 is 2.78 bits per heavy atom. The molecular weight excluding hydrogens is 404 g/mol. The van der Waals surface area contributed by atoms with E-state index in [1.165, 1.54) is 23.5 Å². The highest BCUT2D eigenvalue weighted by Gasteiger charge is 2.11. The summed E-state index contributed by atoms with van der Waals surface area (Å²) in [7, 11) is 0. The van der Waals surface area contributed by atoms with Crippen LogP contribution in [0.15, 0.2) is 46.9 Å². The van der Waals surface area contributed by atoms with Gasteiger partial charge in [0.2, 0.25) is 5.13 Å². The van der Waals surface area contributed by atoms with Crippen LogP contribution in [0.25, 0.3) is 10.6 Å². The van der Waals surface area contributed by atoms with Crippen molar-refractivity contribution >= 4 is 55.4 Å². The number of benzene rings is 2. The molecule has 2 aromatic carbocycles. The summed E-state index contributed by atoms with van der Waals surface area (Å²) in [6.45, 7) is 0. The predicted molar refractivity (Wildman–Crippen MR) is 94.4 cm³/mol. The second-order valence-electron chi connectivity index (χ2n) is 4.47. The summed E-state index contributed by atoms with van der Waals surface area (Å²) in [6, 6.07) is 11.7. The first-order valence-electron chi connectivity index (χ1n) is 6.33. The normalized spacial score (nSPS) is 10.5. The third kappa shape index (κ3) is 3.66. The minimum atomic E-state index is -0.437. The third-order valence-corrected chi connectivity index (χ3v) is 5.02. The number of halogens is 2. The number of nitro benzene ring substituents is 1. The SMILES string of the molecule is O=[N+]([O-])c1cccc(-c2nnc(Nc3ccc(Br)c(Cl)c3)s2)c1. The Bertz CT molecular complexity index is 887. The summed E-state index contributed by atoms with van der Waals surface area (Å²) in [5.41, 5.74) is 1.45. The van der Waals surface area contributed by atoms with E-state index in [-0.39, 0.29) is 5.69 Å². The summed E-state index contributed by atoms with van der Waals surface area (Å²) in [5, 5.41) is 23.8. The van der Waals surface area contributed by atoms with Gasteiger partial charge in [-0.1, -0.05) is 35.1 Å². The minimum absolute atomic E-state index is 0.0203. The number of non-ortho nitro benzene ring substituents is 1. The van der Waals surface area contributed by atoms with Crippen LogP contribution in [-0.2, 0) is 0 Å². The molecule has 0 unspecified atom stereocenters. The lowest BCUT2D eigenvalue weighted by Gasteiger charge is -2.03. The number of anilines is 2. The number of aromatic nitrogens is 2. The van der Waals surface area contributed by atoms with Crippen LogP contribution in [-0.4, -0.2) is 15.1 Å². The molecule has 9 heteroatoms. The van der Waals surface area contributed by atoms with Crippen molar-refractivity contribution in [2.45, 2.75) is 0 Å². The molecule has 116 valence electrons. The van der Waals surface area contributed by atoms with Crippen LogP contribution in [0.2, 0.25) is 5.02 Å². The number of rotatable bonds is 4. The number of hydrogen-bond donors (Lipinski definition) is 1. The molecule has 0 saturated carbocycles. The van der Waals surface area contributed by atoms with Crippen molar-refractivity contribution in [1.29, 1.82) is 0 Å². The van der Waals surface area contributed by atoms with E-state index in [1.807, 2.05) is 12.1 Å². The average molecular weight is 412 g/mol. The van der Waals surface area contributed by atoms with Crippen molar-refractivity contribution in [1.82, 2.24) is 10.2 Å². The Balaban J connectivity index is 1.84. The Hall–Kier alpha value is -2.03. The van der Waals surface area contributed by atoms with Gasteiger partial charge in [-0.05, 0) is 34.1 Å². The van der Waals surface area contributed by atoms with Gasteiger partial charge in [0.05, 0.1) is 9.95 Å². The van der Waals surface area contributed by atoms with Gasteiger partial charge >= 0.3 is 0 Å². The van der Waals surface area contributed by atoms with Gasteiger partial charge in [0.1, 0.15) is 5.01 Å². The summed E-state index contributed by atoms with van der Waals surface area (Å²) < 4.78 is 0.805. The topological polar surface area (TPSA) is 81.0 Å². The lowest BCUT2D eigenvalue weighted by molar-refractivity contribution is -0.384. The van der Waals surface area contributed by atoms with Gasteiger partial charge in [0, 0.05) is 27.9 Å². The van der Waals surface area contributed by atoms with E-state index in [0.29, 0.717) is 20.7 Å². The van der Waals surface area contributed by atoms with Gasteiger partial charge in [0.15, 0.2) is 0 Å². The molecular formula is C14H8BrClN4O2S. The van der Waals surface area contributed by atoms with Crippen LogP contribution in [0, 0.1) is 10.1 Å². The molecule has 0 saturated heterocycles. The van der Waals surface area contributed by atoms with Crippen molar-refractivity contribution in [3.8, 4) is 10.6 Å². The molecule has 0 radical (unpaired) electrons. The molecule has 1 N–H and O–H groups in total. The maximum absolute atomic E-state index is 10.8. The van der Waals surface area contributed by atoms with Gasteiger partial charge in [-0.3, -0.25) is 10.1 Å². The zero-order valence-corrected chi connectivity index (χ0v) is 14.5. The summed E-state index contributed by atoms with van der Waals surface area (Å²) in [4.78, 5) is 10.4. The molecule has 0 bridgehead atoms. The molecule has 23 heavy (non-hydrogen) atoms. The zero-order valence-electron chi connectivity index (χ0n) is 11.4. The van der Waals surface area contributed by atoms with Crippen LogP contribution in [0.1, 0.15) is 0 Å². The standard InChI is InChI=1S/C14H8BrClN4O2S/c15-11-5-4-9(7-12(11)16)17-14-19-18-13(23-14)8-2-1-3-10(6-8)20(21)22/h1-7H,(H,17,19). The van der Waals surface area contributed by atoms with Crippen LogP contribution < -0.4 is 5.32 Å². The van der Waals surface area contributed by atoms with Crippen LogP contribution in [0.3, 0.4) is 0 Å². The summed E-state index contributed by atoms with van der Waals surface area (Å²) in [6.07, 6.45) is 0. The smallest absolute Gasteiger partial charge is 0.270 e. The van der Waals surface area contributed by atoms with E-state index >= 15 is 0 Å². The molecule has 0 amide bonds. The van der Waals surface area contributed by atoms with E-state index in [1.54, 1.807) is 18.2 Å². The largest absolute Gasteiger partial charge is 0.330 e. The van der Waals surface area contributed by atoms with E-state index in [9.17, 15) is 10.1 Å². The first kappa shape index (κ1) is 15.9. The number of hydrogen-bond acceptors (Lipinski definition) is 6. The molecule has 1 heterocycles. The Labute approximate surface area is 148 Å². The van der Waals surface area contributed by atoms with Crippen LogP contribution in [0.5, 0.6) is 0 Å². The molecule has 3 rings (SSSR count). The Morgan fingerprint density at radius 2 is 2.04 bits per heavy atom. The fourth-order valence-corrected chi connectivity index (χ4v) is 3.03. The maximum atomic E-state index is 10.8. The van der Waals surface area contributed by atoms with E-state index in [2.05, 4.69) is 31.4 Å². The molecule has 6 nitrogen and oxygen atoms in total.